The number of rotatable bonds is 6. The second-order valence-electron chi connectivity index (χ2n) is 5.35. The van der Waals surface area contributed by atoms with Crippen molar-refractivity contribution in [3.63, 3.8) is 0 Å². The molecular weight excluding hydrogens is 274 g/mol. The van der Waals surface area contributed by atoms with Crippen LogP contribution in [-0.2, 0) is 4.79 Å². The first-order chi connectivity index (χ1) is 9.35. The molecule has 20 heavy (non-hydrogen) atoms. The Morgan fingerprint density at radius 2 is 2.10 bits per heavy atom. The minimum absolute atomic E-state index is 0.0650. The Bertz CT molecular complexity index is 464. The van der Waals surface area contributed by atoms with Gasteiger partial charge in [-0.3, -0.25) is 9.69 Å². The highest BCUT2D eigenvalue weighted by Crippen LogP contribution is 2.23. The molecule has 0 aliphatic rings. The Hall–Kier alpha value is -1.26. The molecule has 1 aromatic carbocycles. The number of carbonyl (C=O) groups excluding carboxylic acids is 1. The molecule has 0 radical (unpaired) electrons. The molecule has 0 fully saturated rings. The molecule has 1 amide bonds. The lowest BCUT2D eigenvalue weighted by Crippen LogP contribution is -2.41. The van der Waals surface area contributed by atoms with Gasteiger partial charge < -0.3 is 11.1 Å². The Morgan fingerprint density at radius 3 is 2.65 bits per heavy atom. The molecule has 5 heteroatoms. The van der Waals surface area contributed by atoms with Crippen LogP contribution in [0.5, 0.6) is 0 Å². The lowest BCUT2D eigenvalue weighted by molar-refractivity contribution is -0.120. The molecule has 3 N–H and O–H groups in total. The van der Waals surface area contributed by atoms with E-state index in [0.29, 0.717) is 22.3 Å². The van der Waals surface area contributed by atoms with Crippen molar-refractivity contribution in [1.29, 1.82) is 0 Å². The first-order valence-electron chi connectivity index (χ1n) is 6.91. The van der Waals surface area contributed by atoms with Crippen LogP contribution in [0.25, 0.3) is 0 Å². The number of anilines is 2. The largest absolute Gasteiger partial charge is 0.397 e. The summed E-state index contributed by atoms with van der Waals surface area (Å²) in [5, 5.41) is 3.40. The van der Waals surface area contributed by atoms with Crippen LogP contribution in [0.3, 0.4) is 0 Å². The molecule has 0 aliphatic heterocycles. The first kappa shape index (κ1) is 16.8. The van der Waals surface area contributed by atoms with Gasteiger partial charge in [0.15, 0.2) is 0 Å². The Morgan fingerprint density at radius 1 is 1.45 bits per heavy atom. The smallest absolute Gasteiger partial charge is 0.241 e. The van der Waals surface area contributed by atoms with Gasteiger partial charge >= 0.3 is 0 Å². The predicted octanol–water partition coefficient (Wildman–Crippen LogP) is 3.23. The molecule has 0 saturated heterocycles. The Labute approximate surface area is 126 Å². The van der Waals surface area contributed by atoms with Crippen molar-refractivity contribution in [2.75, 3.05) is 24.6 Å². The van der Waals surface area contributed by atoms with Gasteiger partial charge in [0, 0.05) is 11.6 Å². The number of nitrogen functional groups attached to an aromatic ring is 1. The van der Waals surface area contributed by atoms with Gasteiger partial charge in [0.05, 0.1) is 17.4 Å². The first-order valence-corrected chi connectivity index (χ1v) is 7.29. The number of benzene rings is 1. The summed E-state index contributed by atoms with van der Waals surface area (Å²) in [5.41, 5.74) is 6.91. The number of nitrogens with one attached hydrogen (secondary N) is 1. The fourth-order valence-corrected chi connectivity index (χ4v) is 2.04. The molecular formula is C15H24ClN3O. The van der Waals surface area contributed by atoms with Crippen molar-refractivity contribution in [3.8, 4) is 0 Å². The van der Waals surface area contributed by atoms with E-state index in [9.17, 15) is 4.79 Å². The molecule has 2 unspecified atom stereocenters. The average molecular weight is 298 g/mol. The summed E-state index contributed by atoms with van der Waals surface area (Å²) in [7, 11) is 1.96. The summed E-state index contributed by atoms with van der Waals surface area (Å²) in [6.45, 7) is 7.11. The molecule has 0 bridgehead atoms. The van der Waals surface area contributed by atoms with Crippen LogP contribution in [0.15, 0.2) is 18.2 Å². The number of nitrogens with zero attached hydrogens (tertiary/aromatic N) is 1. The normalized spacial score (nSPS) is 14.1. The quantitative estimate of drug-likeness (QED) is 0.793. The number of hydrogen-bond acceptors (Lipinski definition) is 3. The lowest BCUT2D eigenvalue weighted by atomic mass is 10.1. The molecule has 0 spiro atoms. The minimum atomic E-state index is -0.209. The van der Waals surface area contributed by atoms with Crippen LogP contribution >= 0.6 is 11.6 Å². The third-order valence-corrected chi connectivity index (χ3v) is 3.84. The van der Waals surface area contributed by atoms with Gasteiger partial charge in [0.1, 0.15) is 0 Å². The zero-order valence-corrected chi connectivity index (χ0v) is 13.4. The third kappa shape index (κ3) is 4.69. The van der Waals surface area contributed by atoms with Crippen LogP contribution in [0.1, 0.15) is 27.2 Å². The van der Waals surface area contributed by atoms with Crippen molar-refractivity contribution >= 4 is 28.9 Å². The third-order valence-electron chi connectivity index (χ3n) is 3.61. The highest BCUT2D eigenvalue weighted by Gasteiger charge is 2.19. The van der Waals surface area contributed by atoms with E-state index in [2.05, 4.69) is 24.1 Å². The zero-order chi connectivity index (χ0) is 15.3. The van der Waals surface area contributed by atoms with Gasteiger partial charge in [0.2, 0.25) is 5.91 Å². The average Bonchev–Trinajstić information content (AvgIpc) is 2.40. The maximum absolute atomic E-state index is 12.2. The summed E-state index contributed by atoms with van der Waals surface area (Å²) in [5.74, 6) is 0.501. The topological polar surface area (TPSA) is 58.4 Å². The maximum atomic E-state index is 12.2. The van der Waals surface area contributed by atoms with Gasteiger partial charge in [-0.05, 0) is 38.1 Å². The van der Waals surface area contributed by atoms with Crippen molar-refractivity contribution in [2.45, 2.75) is 33.2 Å². The number of carbonyl (C=O) groups is 1. The van der Waals surface area contributed by atoms with Crippen LogP contribution in [-0.4, -0.2) is 30.4 Å². The highest BCUT2D eigenvalue weighted by molar-refractivity contribution is 6.31. The van der Waals surface area contributed by atoms with Gasteiger partial charge in [-0.2, -0.15) is 0 Å². The van der Waals surface area contributed by atoms with E-state index in [-0.39, 0.29) is 11.9 Å². The van der Waals surface area contributed by atoms with Crippen LogP contribution in [0.2, 0.25) is 5.02 Å². The number of likely N-dealkylation sites (N-methyl/N-ethyl adjacent to an activating group) is 1. The minimum Gasteiger partial charge on any atom is -0.397 e. The van der Waals surface area contributed by atoms with Gasteiger partial charge in [-0.15, -0.1) is 0 Å². The van der Waals surface area contributed by atoms with Crippen LogP contribution < -0.4 is 11.1 Å². The molecule has 0 saturated carbocycles. The van der Waals surface area contributed by atoms with Gasteiger partial charge in [0.25, 0.3) is 0 Å². The van der Waals surface area contributed by atoms with E-state index in [1.54, 1.807) is 18.2 Å². The van der Waals surface area contributed by atoms with E-state index in [4.69, 9.17) is 17.3 Å². The summed E-state index contributed by atoms with van der Waals surface area (Å²) in [4.78, 5) is 14.3. The van der Waals surface area contributed by atoms with Crippen molar-refractivity contribution < 1.29 is 4.79 Å². The summed E-state index contributed by atoms with van der Waals surface area (Å²) in [6, 6.07) is 4.85. The van der Waals surface area contributed by atoms with E-state index >= 15 is 0 Å². The van der Waals surface area contributed by atoms with Gasteiger partial charge in [-0.1, -0.05) is 31.9 Å². The highest BCUT2D eigenvalue weighted by atomic mass is 35.5. The van der Waals surface area contributed by atoms with Gasteiger partial charge in [-0.25, -0.2) is 0 Å². The van der Waals surface area contributed by atoms with Crippen molar-refractivity contribution in [3.05, 3.63) is 23.2 Å². The predicted molar refractivity (Wildman–Crippen MR) is 86.0 cm³/mol. The standard InChI is InChI=1S/C15H24ClN3O/c1-5-10(2)9-19(4)11(3)15(20)18-14-7-6-12(16)8-13(14)17/h6-8,10-11H,5,9,17H2,1-4H3,(H,18,20). The molecule has 0 heterocycles. The fourth-order valence-electron chi connectivity index (χ4n) is 1.86. The number of nitrogens with two attached hydrogens (primary N) is 1. The fraction of sp³-hybridized carbons (Fsp3) is 0.533. The van der Waals surface area contributed by atoms with Crippen LogP contribution in [0.4, 0.5) is 11.4 Å². The Kier molecular flexibility index (Phi) is 6.30. The SMILES string of the molecule is CCC(C)CN(C)C(C)C(=O)Nc1ccc(Cl)cc1N. The second kappa shape index (κ2) is 7.50. The Balaban J connectivity index is 2.65. The van der Waals surface area contributed by atoms with E-state index in [1.165, 1.54) is 0 Å². The lowest BCUT2D eigenvalue weighted by Gasteiger charge is -2.26. The van der Waals surface area contributed by atoms with E-state index in [0.717, 1.165) is 13.0 Å². The van der Waals surface area contributed by atoms with Crippen molar-refractivity contribution in [1.82, 2.24) is 4.90 Å². The number of halogens is 1. The molecule has 2 atom stereocenters. The number of hydrogen-bond donors (Lipinski definition) is 2. The summed E-state index contributed by atoms with van der Waals surface area (Å²) in [6.07, 6.45) is 1.10. The molecule has 112 valence electrons. The van der Waals surface area contributed by atoms with E-state index in [1.807, 2.05) is 14.0 Å². The summed E-state index contributed by atoms with van der Waals surface area (Å²) >= 11 is 5.84. The zero-order valence-electron chi connectivity index (χ0n) is 12.6. The second-order valence-corrected chi connectivity index (χ2v) is 5.79. The van der Waals surface area contributed by atoms with Crippen LogP contribution in [0, 0.1) is 5.92 Å². The monoisotopic (exact) mass is 297 g/mol. The molecule has 1 aromatic rings. The molecule has 1 rings (SSSR count). The number of amides is 1. The molecule has 0 aromatic heterocycles. The molecule has 0 aliphatic carbocycles. The van der Waals surface area contributed by atoms with E-state index < -0.39 is 0 Å². The maximum Gasteiger partial charge on any atom is 0.241 e. The summed E-state index contributed by atoms with van der Waals surface area (Å²) < 4.78 is 0. The molecule has 4 nitrogen and oxygen atoms in total. The van der Waals surface area contributed by atoms with Crippen molar-refractivity contribution in [2.24, 2.45) is 5.92 Å².